The van der Waals surface area contributed by atoms with Crippen molar-refractivity contribution in [3.05, 3.63) is 72.0 Å². The van der Waals surface area contributed by atoms with E-state index < -0.39 is 5.91 Å². The molecule has 23 heavy (non-hydrogen) atoms. The maximum atomic E-state index is 13.1. The molecule has 0 radical (unpaired) electrons. The minimum Gasteiger partial charge on any atom is -0.370 e. The molecule has 0 saturated heterocycles. The van der Waals surface area contributed by atoms with Gasteiger partial charge in [-0.3, -0.25) is 4.79 Å². The summed E-state index contributed by atoms with van der Waals surface area (Å²) in [5.41, 5.74) is 12.7. The molecule has 0 fully saturated rings. The maximum Gasteiger partial charge on any atom is 0.280 e. The summed E-state index contributed by atoms with van der Waals surface area (Å²) in [7, 11) is 0. The number of carbonyl (C=O) groups excluding carboxylic acids is 1. The van der Waals surface area contributed by atoms with Crippen molar-refractivity contribution in [2.45, 2.75) is 0 Å². The van der Waals surface area contributed by atoms with E-state index in [0.717, 1.165) is 21.9 Å². The van der Waals surface area contributed by atoms with E-state index in [1.165, 1.54) is 12.1 Å². The van der Waals surface area contributed by atoms with Gasteiger partial charge in [0, 0.05) is 5.56 Å². The first-order chi connectivity index (χ1) is 11.0. The van der Waals surface area contributed by atoms with Crippen molar-refractivity contribution >= 4 is 22.6 Å². The molecule has 0 aliphatic rings. The minimum atomic E-state index is -0.499. The van der Waals surface area contributed by atoms with Gasteiger partial charge in [-0.05, 0) is 46.2 Å². The molecule has 114 valence electrons. The maximum absolute atomic E-state index is 13.1. The Kier molecular flexibility index (Phi) is 3.76. The first-order valence-corrected chi connectivity index (χ1v) is 6.97. The van der Waals surface area contributed by atoms with E-state index in [-0.39, 0.29) is 11.8 Å². The van der Waals surface area contributed by atoms with E-state index in [1.807, 2.05) is 24.3 Å². The van der Waals surface area contributed by atoms with Crippen molar-refractivity contribution in [1.82, 2.24) is 0 Å². The van der Waals surface area contributed by atoms with Crippen LogP contribution < -0.4 is 11.5 Å². The highest BCUT2D eigenvalue weighted by Crippen LogP contribution is 2.29. The summed E-state index contributed by atoms with van der Waals surface area (Å²) in [6.07, 6.45) is 0. The number of nitrogens with two attached hydrogens (primary N) is 2. The van der Waals surface area contributed by atoms with Crippen LogP contribution >= 0.6 is 0 Å². The van der Waals surface area contributed by atoms with Crippen LogP contribution in [0.25, 0.3) is 21.9 Å². The molecule has 0 spiro atoms. The Balaban J connectivity index is 2.17. The monoisotopic (exact) mass is 307 g/mol. The Morgan fingerprint density at radius 1 is 0.957 bits per heavy atom. The van der Waals surface area contributed by atoms with Gasteiger partial charge in [-0.2, -0.15) is 4.99 Å². The van der Waals surface area contributed by atoms with Gasteiger partial charge < -0.3 is 11.5 Å². The molecule has 3 rings (SSSR count). The highest BCUT2D eigenvalue weighted by molar-refractivity contribution is 6.06. The predicted molar refractivity (Wildman–Crippen MR) is 89.5 cm³/mol. The van der Waals surface area contributed by atoms with Crippen molar-refractivity contribution in [3.8, 4) is 11.1 Å². The van der Waals surface area contributed by atoms with Crippen LogP contribution in [-0.2, 0) is 0 Å². The molecule has 0 aliphatic heterocycles. The topological polar surface area (TPSA) is 81.5 Å². The number of hydrogen-bond acceptors (Lipinski definition) is 1. The number of aliphatic imine (C=N–C) groups is 1. The van der Waals surface area contributed by atoms with Gasteiger partial charge in [0.05, 0.1) is 0 Å². The van der Waals surface area contributed by atoms with Gasteiger partial charge >= 0.3 is 0 Å². The average molecular weight is 307 g/mol. The summed E-state index contributed by atoms with van der Waals surface area (Å²) < 4.78 is 13.1. The van der Waals surface area contributed by atoms with Gasteiger partial charge in [-0.15, -0.1) is 0 Å². The number of amides is 1. The standard InChI is InChI=1S/C18H14FN3O/c19-14-8-6-12(7-9-14)15-3-1-2-11-4-5-13(10-16(11)15)17(23)22-18(20)21/h1-10H,(H4,20,21,22,23). The molecular formula is C18H14FN3O. The highest BCUT2D eigenvalue weighted by Gasteiger charge is 2.09. The van der Waals surface area contributed by atoms with Gasteiger partial charge in [0.2, 0.25) is 0 Å². The molecule has 0 heterocycles. The molecule has 0 saturated carbocycles. The highest BCUT2D eigenvalue weighted by atomic mass is 19.1. The number of fused-ring (bicyclic) bond motifs is 1. The molecule has 0 unspecified atom stereocenters. The first-order valence-electron chi connectivity index (χ1n) is 6.97. The number of nitrogens with zero attached hydrogens (tertiary/aromatic N) is 1. The van der Waals surface area contributed by atoms with Crippen molar-refractivity contribution in [2.24, 2.45) is 16.5 Å². The van der Waals surface area contributed by atoms with Gasteiger partial charge in [0.25, 0.3) is 5.91 Å². The van der Waals surface area contributed by atoms with Crippen molar-refractivity contribution in [3.63, 3.8) is 0 Å². The number of rotatable bonds is 2. The van der Waals surface area contributed by atoms with Crippen LogP contribution in [0.2, 0.25) is 0 Å². The summed E-state index contributed by atoms with van der Waals surface area (Å²) >= 11 is 0. The van der Waals surface area contributed by atoms with Crippen molar-refractivity contribution in [1.29, 1.82) is 0 Å². The molecule has 0 bridgehead atoms. The van der Waals surface area contributed by atoms with Crippen molar-refractivity contribution < 1.29 is 9.18 Å². The van der Waals surface area contributed by atoms with E-state index in [2.05, 4.69) is 4.99 Å². The van der Waals surface area contributed by atoms with Crippen LogP contribution in [0.3, 0.4) is 0 Å². The fourth-order valence-electron chi connectivity index (χ4n) is 2.47. The number of benzene rings is 3. The second-order valence-electron chi connectivity index (χ2n) is 5.09. The third-order valence-electron chi connectivity index (χ3n) is 3.51. The van der Waals surface area contributed by atoms with Gasteiger partial charge in [0.15, 0.2) is 5.96 Å². The zero-order valence-corrected chi connectivity index (χ0v) is 12.2. The van der Waals surface area contributed by atoms with E-state index in [0.29, 0.717) is 5.56 Å². The zero-order valence-electron chi connectivity index (χ0n) is 12.2. The molecule has 3 aromatic rings. The predicted octanol–water partition coefficient (Wildman–Crippen LogP) is 3.06. The summed E-state index contributed by atoms with van der Waals surface area (Å²) in [6, 6.07) is 17.2. The molecular weight excluding hydrogens is 293 g/mol. The Morgan fingerprint density at radius 3 is 2.39 bits per heavy atom. The lowest BCUT2D eigenvalue weighted by atomic mass is 9.96. The van der Waals surface area contributed by atoms with Crippen LogP contribution in [-0.4, -0.2) is 11.9 Å². The molecule has 0 aromatic heterocycles. The quantitative estimate of drug-likeness (QED) is 0.564. The van der Waals surface area contributed by atoms with E-state index >= 15 is 0 Å². The lowest BCUT2D eigenvalue weighted by Gasteiger charge is -2.08. The Morgan fingerprint density at radius 2 is 1.70 bits per heavy atom. The molecule has 4 N–H and O–H groups in total. The molecule has 3 aromatic carbocycles. The molecule has 0 atom stereocenters. The Bertz CT molecular complexity index is 913. The SMILES string of the molecule is NC(N)=NC(=O)c1ccc2cccc(-c3ccc(F)cc3)c2c1. The van der Waals surface area contributed by atoms with Crippen molar-refractivity contribution in [2.75, 3.05) is 0 Å². The van der Waals surface area contributed by atoms with E-state index in [9.17, 15) is 9.18 Å². The normalized spacial score (nSPS) is 10.5. The number of guanidine groups is 1. The smallest absolute Gasteiger partial charge is 0.280 e. The van der Waals surface area contributed by atoms with E-state index in [1.54, 1.807) is 24.3 Å². The summed E-state index contributed by atoms with van der Waals surface area (Å²) in [4.78, 5) is 15.5. The number of hydrogen-bond donors (Lipinski definition) is 2. The minimum absolute atomic E-state index is 0.276. The van der Waals surface area contributed by atoms with E-state index in [4.69, 9.17) is 11.5 Å². The fourth-order valence-corrected chi connectivity index (χ4v) is 2.47. The number of carbonyl (C=O) groups is 1. The molecule has 5 heteroatoms. The Labute approximate surface area is 132 Å². The third kappa shape index (κ3) is 3.03. The number of halogens is 1. The average Bonchev–Trinajstić information content (AvgIpc) is 2.54. The lowest BCUT2D eigenvalue weighted by Crippen LogP contribution is -2.24. The largest absolute Gasteiger partial charge is 0.370 e. The summed E-state index contributed by atoms with van der Waals surface area (Å²) in [6.45, 7) is 0. The summed E-state index contributed by atoms with van der Waals surface area (Å²) in [5.74, 6) is -1.07. The Hall–Kier alpha value is -3.21. The zero-order chi connectivity index (χ0) is 16.4. The molecule has 4 nitrogen and oxygen atoms in total. The van der Waals surface area contributed by atoms with Crippen LogP contribution in [0, 0.1) is 5.82 Å². The van der Waals surface area contributed by atoms with Crippen LogP contribution in [0.4, 0.5) is 4.39 Å². The van der Waals surface area contributed by atoms with Gasteiger partial charge in [0.1, 0.15) is 5.82 Å². The second-order valence-corrected chi connectivity index (χ2v) is 5.09. The lowest BCUT2D eigenvalue weighted by molar-refractivity contribution is 0.100. The first kappa shape index (κ1) is 14.7. The van der Waals surface area contributed by atoms with Crippen LogP contribution in [0.15, 0.2) is 65.7 Å². The fraction of sp³-hybridized carbons (Fsp3) is 0. The van der Waals surface area contributed by atoms with Crippen LogP contribution in [0.1, 0.15) is 10.4 Å². The molecule has 1 amide bonds. The van der Waals surface area contributed by atoms with Crippen LogP contribution in [0.5, 0.6) is 0 Å². The van der Waals surface area contributed by atoms with Gasteiger partial charge in [-0.25, -0.2) is 4.39 Å². The summed E-state index contributed by atoms with van der Waals surface area (Å²) in [5, 5.41) is 1.84. The molecule has 0 aliphatic carbocycles. The van der Waals surface area contributed by atoms with Gasteiger partial charge in [-0.1, -0.05) is 36.4 Å². The second kappa shape index (κ2) is 5.88. The third-order valence-corrected chi connectivity index (χ3v) is 3.51.